The smallest absolute Gasteiger partial charge is 0.0544 e. The molecule has 3 nitrogen and oxygen atoms in total. The van der Waals surface area contributed by atoms with Crippen LogP contribution in [0.25, 0.3) is 0 Å². The summed E-state index contributed by atoms with van der Waals surface area (Å²) in [5.41, 5.74) is 1.47. The van der Waals surface area contributed by atoms with Gasteiger partial charge in [-0.1, -0.05) is 19.9 Å². The zero-order valence-corrected chi connectivity index (χ0v) is 11.8. The lowest BCUT2D eigenvalue weighted by Gasteiger charge is -2.46. The fourth-order valence-corrected chi connectivity index (χ4v) is 2.73. The third-order valence-electron chi connectivity index (χ3n) is 4.35. The van der Waals surface area contributed by atoms with Crippen molar-refractivity contribution in [2.24, 2.45) is 0 Å². The fraction of sp³-hybridized carbons (Fsp3) is 0.667. The molecule has 1 saturated heterocycles. The van der Waals surface area contributed by atoms with Gasteiger partial charge in [0.2, 0.25) is 0 Å². The molecular weight excluding hydrogens is 222 g/mol. The minimum atomic E-state index is 0.293. The van der Waals surface area contributed by atoms with Crippen LogP contribution < -0.4 is 5.32 Å². The van der Waals surface area contributed by atoms with Gasteiger partial charge < -0.3 is 5.32 Å². The Morgan fingerprint density at radius 3 is 2.78 bits per heavy atom. The van der Waals surface area contributed by atoms with Crippen molar-refractivity contribution < 1.29 is 0 Å². The van der Waals surface area contributed by atoms with E-state index in [9.17, 15) is 0 Å². The van der Waals surface area contributed by atoms with Crippen molar-refractivity contribution in [1.82, 2.24) is 15.2 Å². The molecule has 0 spiro atoms. The van der Waals surface area contributed by atoms with Gasteiger partial charge in [-0.05, 0) is 31.9 Å². The van der Waals surface area contributed by atoms with Crippen LogP contribution in [0.4, 0.5) is 0 Å². The third kappa shape index (κ3) is 2.90. The van der Waals surface area contributed by atoms with Crippen molar-refractivity contribution in [1.29, 1.82) is 0 Å². The van der Waals surface area contributed by atoms with Crippen LogP contribution in [-0.2, 0) is 6.54 Å². The fourth-order valence-electron chi connectivity index (χ4n) is 2.73. The van der Waals surface area contributed by atoms with E-state index in [4.69, 9.17) is 0 Å². The highest BCUT2D eigenvalue weighted by Crippen LogP contribution is 2.23. The van der Waals surface area contributed by atoms with Crippen LogP contribution in [0.1, 0.15) is 39.3 Å². The van der Waals surface area contributed by atoms with Crippen LogP contribution in [0, 0.1) is 0 Å². The molecule has 1 N–H and O–H groups in total. The highest BCUT2D eigenvalue weighted by molar-refractivity contribution is 5.05. The summed E-state index contributed by atoms with van der Waals surface area (Å²) < 4.78 is 0. The van der Waals surface area contributed by atoms with Crippen LogP contribution in [0.5, 0.6) is 0 Å². The van der Waals surface area contributed by atoms with Crippen molar-refractivity contribution in [2.45, 2.75) is 51.7 Å². The van der Waals surface area contributed by atoms with Crippen LogP contribution in [0.15, 0.2) is 24.4 Å². The second-order valence-corrected chi connectivity index (χ2v) is 5.44. The van der Waals surface area contributed by atoms with E-state index < -0.39 is 0 Å². The molecular formula is C15H25N3. The monoisotopic (exact) mass is 247 g/mol. The van der Waals surface area contributed by atoms with Crippen molar-refractivity contribution >= 4 is 0 Å². The maximum absolute atomic E-state index is 4.44. The minimum Gasteiger partial charge on any atom is -0.308 e. The molecule has 0 aromatic carbocycles. The predicted molar refractivity (Wildman–Crippen MR) is 75.4 cm³/mol. The van der Waals surface area contributed by atoms with E-state index in [-0.39, 0.29) is 0 Å². The van der Waals surface area contributed by atoms with E-state index in [1.54, 1.807) is 0 Å². The van der Waals surface area contributed by atoms with Crippen LogP contribution in [-0.4, -0.2) is 34.6 Å². The van der Waals surface area contributed by atoms with Gasteiger partial charge in [0.1, 0.15) is 0 Å². The molecule has 2 rings (SSSR count). The molecule has 18 heavy (non-hydrogen) atoms. The zero-order valence-electron chi connectivity index (χ0n) is 11.8. The van der Waals surface area contributed by atoms with Gasteiger partial charge in [-0.2, -0.15) is 0 Å². The summed E-state index contributed by atoms with van der Waals surface area (Å²) in [6, 6.07) is 6.75. The van der Waals surface area contributed by atoms with Crippen LogP contribution >= 0.6 is 0 Å². The molecule has 1 aliphatic rings. The molecule has 3 heteroatoms. The minimum absolute atomic E-state index is 0.293. The number of hydrogen-bond donors (Lipinski definition) is 1. The van der Waals surface area contributed by atoms with Gasteiger partial charge in [-0.15, -0.1) is 0 Å². The molecule has 0 saturated carbocycles. The van der Waals surface area contributed by atoms with E-state index in [1.165, 1.54) is 18.5 Å². The van der Waals surface area contributed by atoms with Crippen molar-refractivity contribution in [2.75, 3.05) is 13.1 Å². The molecule has 1 aromatic rings. The van der Waals surface area contributed by atoms with Gasteiger partial charge >= 0.3 is 0 Å². The van der Waals surface area contributed by atoms with Crippen LogP contribution in [0.3, 0.4) is 0 Å². The zero-order chi connectivity index (χ0) is 13.0. The molecule has 1 atom stereocenters. The average Bonchev–Trinajstić information content (AvgIpc) is 2.43. The number of pyridine rings is 1. The van der Waals surface area contributed by atoms with E-state index in [0.29, 0.717) is 11.6 Å². The first-order valence-corrected chi connectivity index (χ1v) is 7.08. The Bertz CT molecular complexity index is 359. The van der Waals surface area contributed by atoms with E-state index >= 15 is 0 Å². The topological polar surface area (TPSA) is 28.2 Å². The molecule has 1 unspecified atom stereocenters. The van der Waals surface area contributed by atoms with Crippen molar-refractivity contribution in [3.8, 4) is 0 Å². The second kappa shape index (κ2) is 5.81. The van der Waals surface area contributed by atoms with E-state index in [2.05, 4.69) is 48.1 Å². The molecule has 0 aliphatic carbocycles. The SMILES string of the molecule is CCC1(CC)CN(Cc2ccccn2)C(C)CN1. The first-order chi connectivity index (χ1) is 8.69. The lowest BCUT2D eigenvalue weighted by atomic mass is 9.88. The van der Waals surface area contributed by atoms with Gasteiger partial charge in [0.05, 0.1) is 5.69 Å². The molecule has 1 aromatic heterocycles. The van der Waals surface area contributed by atoms with Crippen molar-refractivity contribution in [3.05, 3.63) is 30.1 Å². The summed E-state index contributed by atoms with van der Waals surface area (Å²) in [4.78, 5) is 7.01. The van der Waals surface area contributed by atoms with Gasteiger partial charge in [0, 0.05) is 37.4 Å². The van der Waals surface area contributed by atoms with E-state index in [0.717, 1.165) is 19.6 Å². The summed E-state index contributed by atoms with van der Waals surface area (Å²) >= 11 is 0. The number of hydrogen-bond acceptors (Lipinski definition) is 3. The highest BCUT2D eigenvalue weighted by Gasteiger charge is 2.34. The lowest BCUT2D eigenvalue weighted by Crippen LogP contribution is -2.62. The number of rotatable bonds is 4. The first-order valence-electron chi connectivity index (χ1n) is 7.08. The Kier molecular flexibility index (Phi) is 4.36. The Morgan fingerprint density at radius 2 is 2.17 bits per heavy atom. The number of nitrogens with one attached hydrogen (secondary N) is 1. The molecule has 100 valence electrons. The summed E-state index contributed by atoms with van der Waals surface area (Å²) in [6.07, 6.45) is 4.26. The number of piperazine rings is 1. The Balaban J connectivity index is 2.06. The maximum atomic E-state index is 4.44. The van der Waals surface area contributed by atoms with Gasteiger partial charge in [-0.25, -0.2) is 0 Å². The number of nitrogens with zero attached hydrogens (tertiary/aromatic N) is 2. The predicted octanol–water partition coefficient (Wildman–Crippen LogP) is 2.43. The third-order valence-corrected chi connectivity index (χ3v) is 4.35. The molecule has 0 amide bonds. The quantitative estimate of drug-likeness (QED) is 0.885. The summed E-state index contributed by atoms with van der Waals surface area (Å²) in [5, 5.41) is 3.74. The largest absolute Gasteiger partial charge is 0.308 e. The summed E-state index contributed by atoms with van der Waals surface area (Å²) in [7, 11) is 0. The second-order valence-electron chi connectivity index (χ2n) is 5.44. The molecule has 0 radical (unpaired) electrons. The first kappa shape index (κ1) is 13.5. The van der Waals surface area contributed by atoms with E-state index in [1.807, 2.05) is 12.3 Å². The Labute approximate surface area is 111 Å². The summed E-state index contributed by atoms with van der Waals surface area (Å²) in [6.45, 7) is 10.0. The average molecular weight is 247 g/mol. The Morgan fingerprint density at radius 1 is 1.39 bits per heavy atom. The maximum Gasteiger partial charge on any atom is 0.0544 e. The standard InChI is InChI=1S/C15H25N3/c1-4-15(5-2)12-18(13(3)10-17-15)11-14-8-6-7-9-16-14/h6-9,13,17H,4-5,10-12H2,1-3H3. The van der Waals surface area contributed by atoms with Gasteiger partial charge in [0.25, 0.3) is 0 Å². The molecule has 1 aliphatic heterocycles. The van der Waals surface area contributed by atoms with Gasteiger partial charge in [-0.3, -0.25) is 9.88 Å². The molecule has 2 heterocycles. The number of aromatic nitrogens is 1. The van der Waals surface area contributed by atoms with Crippen LogP contribution in [0.2, 0.25) is 0 Å². The Hall–Kier alpha value is -0.930. The highest BCUT2D eigenvalue weighted by atomic mass is 15.3. The lowest BCUT2D eigenvalue weighted by molar-refractivity contribution is 0.0736. The normalized spacial score (nSPS) is 24.1. The van der Waals surface area contributed by atoms with Crippen molar-refractivity contribution in [3.63, 3.8) is 0 Å². The van der Waals surface area contributed by atoms with Gasteiger partial charge in [0.15, 0.2) is 0 Å². The molecule has 0 bridgehead atoms. The molecule has 1 fully saturated rings. The summed E-state index contributed by atoms with van der Waals surface area (Å²) in [5.74, 6) is 0.